The molecule has 0 bridgehead atoms. The molecule has 0 atom stereocenters. The first-order chi connectivity index (χ1) is 11.5. The van der Waals surface area contributed by atoms with E-state index >= 15 is 0 Å². The summed E-state index contributed by atoms with van der Waals surface area (Å²) in [4.78, 5) is 22.9. The van der Waals surface area contributed by atoms with E-state index in [-0.39, 0.29) is 5.91 Å². The van der Waals surface area contributed by atoms with Crippen LogP contribution in [0.5, 0.6) is 5.75 Å². The molecule has 24 heavy (non-hydrogen) atoms. The van der Waals surface area contributed by atoms with Gasteiger partial charge in [0.25, 0.3) is 0 Å². The molecule has 2 aromatic carbocycles. The molecule has 0 spiro atoms. The van der Waals surface area contributed by atoms with Crippen LogP contribution < -0.4 is 21.1 Å². The summed E-state index contributed by atoms with van der Waals surface area (Å²) in [5.41, 5.74) is 6.87. The van der Waals surface area contributed by atoms with Gasteiger partial charge in [-0.1, -0.05) is 22.0 Å². The standard InChI is InChI=1S/C17H16BrN3O3/c1-24-15-7-6-12(18)9-11(15)5-8-16(22)20-13-3-2-4-14(10-13)21-17(19)23/h2-10H,1H3,(H,20,22)(H3,19,21,23)/b8-5+. The second-order valence-electron chi connectivity index (χ2n) is 4.78. The number of hydrogen-bond acceptors (Lipinski definition) is 3. The molecule has 2 rings (SSSR count). The number of benzene rings is 2. The van der Waals surface area contributed by atoms with E-state index in [4.69, 9.17) is 10.5 Å². The highest BCUT2D eigenvalue weighted by Crippen LogP contribution is 2.24. The third-order valence-corrected chi connectivity index (χ3v) is 3.50. The van der Waals surface area contributed by atoms with Crippen molar-refractivity contribution in [2.45, 2.75) is 0 Å². The van der Waals surface area contributed by atoms with Crippen LogP contribution >= 0.6 is 15.9 Å². The quantitative estimate of drug-likeness (QED) is 0.681. The summed E-state index contributed by atoms with van der Waals surface area (Å²) in [6, 6.07) is 11.5. The van der Waals surface area contributed by atoms with E-state index in [1.807, 2.05) is 12.1 Å². The number of halogens is 1. The Kier molecular flexibility index (Phi) is 5.97. The van der Waals surface area contributed by atoms with E-state index in [0.717, 1.165) is 10.0 Å². The molecule has 4 N–H and O–H groups in total. The van der Waals surface area contributed by atoms with Gasteiger partial charge in [0, 0.05) is 27.5 Å². The normalized spacial score (nSPS) is 10.4. The minimum Gasteiger partial charge on any atom is -0.496 e. The van der Waals surface area contributed by atoms with E-state index in [0.29, 0.717) is 17.1 Å². The van der Waals surface area contributed by atoms with Gasteiger partial charge in [-0.05, 0) is 42.5 Å². The van der Waals surface area contributed by atoms with Crippen molar-refractivity contribution in [1.29, 1.82) is 0 Å². The minimum atomic E-state index is -0.667. The van der Waals surface area contributed by atoms with Crippen LogP contribution in [0.15, 0.2) is 53.0 Å². The van der Waals surface area contributed by atoms with Crippen molar-refractivity contribution in [2.75, 3.05) is 17.7 Å². The van der Waals surface area contributed by atoms with Gasteiger partial charge >= 0.3 is 6.03 Å². The van der Waals surface area contributed by atoms with Crippen LogP contribution in [0.3, 0.4) is 0 Å². The fourth-order valence-corrected chi connectivity index (χ4v) is 2.38. The lowest BCUT2D eigenvalue weighted by atomic mass is 10.2. The number of urea groups is 1. The average molecular weight is 390 g/mol. The van der Waals surface area contributed by atoms with E-state index in [9.17, 15) is 9.59 Å². The van der Waals surface area contributed by atoms with Crippen LogP contribution in [0.4, 0.5) is 16.2 Å². The van der Waals surface area contributed by atoms with Gasteiger partial charge in [0.05, 0.1) is 7.11 Å². The smallest absolute Gasteiger partial charge is 0.316 e. The molecule has 0 heterocycles. The van der Waals surface area contributed by atoms with Crippen LogP contribution in [-0.2, 0) is 4.79 Å². The number of anilines is 2. The summed E-state index contributed by atoms with van der Waals surface area (Å²) in [6.07, 6.45) is 3.06. The van der Waals surface area contributed by atoms with Crippen molar-refractivity contribution in [3.8, 4) is 5.75 Å². The summed E-state index contributed by atoms with van der Waals surface area (Å²) in [6.45, 7) is 0. The topological polar surface area (TPSA) is 93.4 Å². The number of nitrogens with two attached hydrogens (primary N) is 1. The monoisotopic (exact) mass is 389 g/mol. The molecule has 0 aliphatic heterocycles. The van der Waals surface area contributed by atoms with Crippen molar-refractivity contribution in [2.24, 2.45) is 5.73 Å². The van der Waals surface area contributed by atoms with Gasteiger partial charge in [0.2, 0.25) is 5.91 Å². The Labute approximate surface area is 147 Å². The Hall–Kier alpha value is -2.80. The fourth-order valence-electron chi connectivity index (χ4n) is 2.00. The van der Waals surface area contributed by atoms with Crippen molar-refractivity contribution < 1.29 is 14.3 Å². The first kappa shape index (κ1) is 17.6. The molecule has 0 unspecified atom stereocenters. The fraction of sp³-hybridized carbons (Fsp3) is 0.0588. The van der Waals surface area contributed by atoms with E-state index < -0.39 is 6.03 Å². The molecule has 0 aliphatic rings. The maximum Gasteiger partial charge on any atom is 0.316 e. The Morgan fingerprint density at radius 3 is 2.50 bits per heavy atom. The first-order valence-corrected chi connectivity index (χ1v) is 7.76. The SMILES string of the molecule is COc1ccc(Br)cc1/C=C/C(=O)Nc1cccc(NC(N)=O)c1. The van der Waals surface area contributed by atoms with Crippen molar-refractivity contribution in [3.05, 3.63) is 58.6 Å². The lowest BCUT2D eigenvalue weighted by Gasteiger charge is -2.07. The van der Waals surface area contributed by atoms with Crippen LogP contribution in [-0.4, -0.2) is 19.0 Å². The molecule has 0 aromatic heterocycles. The average Bonchev–Trinajstić information content (AvgIpc) is 2.53. The lowest BCUT2D eigenvalue weighted by molar-refractivity contribution is -0.111. The van der Waals surface area contributed by atoms with Crippen LogP contribution in [0.25, 0.3) is 6.08 Å². The molecule has 0 aliphatic carbocycles. The highest BCUT2D eigenvalue weighted by atomic mass is 79.9. The van der Waals surface area contributed by atoms with Gasteiger partial charge in [-0.25, -0.2) is 4.79 Å². The summed E-state index contributed by atoms with van der Waals surface area (Å²) in [7, 11) is 1.57. The number of methoxy groups -OCH3 is 1. The minimum absolute atomic E-state index is 0.312. The Morgan fingerprint density at radius 2 is 1.83 bits per heavy atom. The van der Waals surface area contributed by atoms with Crippen LogP contribution in [0.2, 0.25) is 0 Å². The molecule has 0 fully saturated rings. The molecular weight excluding hydrogens is 374 g/mol. The second kappa shape index (κ2) is 8.16. The predicted molar refractivity (Wildman–Crippen MR) is 98.0 cm³/mol. The number of rotatable bonds is 5. The van der Waals surface area contributed by atoms with E-state index in [1.165, 1.54) is 6.08 Å². The zero-order valence-corrected chi connectivity index (χ0v) is 14.5. The zero-order valence-electron chi connectivity index (χ0n) is 12.9. The number of hydrogen-bond donors (Lipinski definition) is 3. The molecule has 3 amide bonds. The highest BCUT2D eigenvalue weighted by Gasteiger charge is 2.03. The maximum absolute atomic E-state index is 12.0. The first-order valence-electron chi connectivity index (χ1n) is 6.97. The third kappa shape index (κ3) is 5.13. The van der Waals surface area contributed by atoms with Crippen molar-refractivity contribution >= 4 is 45.3 Å². The molecule has 6 nitrogen and oxygen atoms in total. The highest BCUT2D eigenvalue weighted by molar-refractivity contribution is 9.10. The summed E-state index contributed by atoms with van der Waals surface area (Å²) >= 11 is 3.38. The number of ether oxygens (including phenoxy) is 1. The Balaban J connectivity index is 2.08. The van der Waals surface area contributed by atoms with Crippen molar-refractivity contribution in [1.82, 2.24) is 0 Å². The molecule has 0 saturated heterocycles. The van der Waals surface area contributed by atoms with Gasteiger partial charge in [0.1, 0.15) is 5.75 Å². The number of amides is 3. The van der Waals surface area contributed by atoms with Crippen LogP contribution in [0, 0.1) is 0 Å². The largest absolute Gasteiger partial charge is 0.496 e. The third-order valence-electron chi connectivity index (χ3n) is 3.00. The molecule has 124 valence electrons. The number of carbonyl (C=O) groups is 2. The molecule has 2 aromatic rings. The summed E-state index contributed by atoms with van der Waals surface area (Å²) in [5, 5.41) is 5.15. The molecular formula is C17H16BrN3O3. The summed E-state index contributed by atoms with van der Waals surface area (Å²) < 4.78 is 6.13. The summed E-state index contributed by atoms with van der Waals surface area (Å²) in [5.74, 6) is 0.350. The predicted octanol–water partition coefficient (Wildman–Crippen LogP) is 3.60. The van der Waals surface area contributed by atoms with E-state index in [2.05, 4.69) is 26.6 Å². The van der Waals surface area contributed by atoms with Gasteiger partial charge in [-0.3, -0.25) is 4.79 Å². The lowest BCUT2D eigenvalue weighted by Crippen LogP contribution is -2.19. The number of nitrogens with one attached hydrogen (secondary N) is 2. The van der Waals surface area contributed by atoms with Gasteiger partial charge < -0.3 is 21.1 Å². The number of primary amides is 1. The van der Waals surface area contributed by atoms with Gasteiger partial charge in [-0.2, -0.15) is 0 Å². The molecule has 0 saturated carbocycles. The van der Waals surface area contributed by atoms with Gasteiger partial charge in [0.15, 0.2) is 0 Å². The Bertz CT molecular complexity index is 790. The second-order valence-corrected chi connectivity index (χ2v) is 5.69. The van der Waals surface area contributed by atoms with Crippen molar-refractivity contribution in [3.63, 3.8) is 0 Å². The molecule has 7 heteroatoms. The molecule has 0 radical (unpaired) electrons. The van der Waals surface area contributed by atoms with Gasteiger partial charge in [-0.15, -0.1) is 0 Å². The Morgan fingerprint density at radius 1 is 1.12 bits per heavy atom. The van der Waals surface area contributed by atoms with E-state index in [1.54, 1.807) is 43.5 Å². The maximum atomic E-state index is 12.0. The number of carbonyl (C=O) groups excluding carboxylic acids is 2. The van der Waals surface area contributed by atoms with Crippen LogP contribution in [0.1, 0.15) is 5.56 Å². The zero-order chi connectivity index (χ0) is 17.5.